The Morgan fingerprint density at radius 2 is 1.61 bits per heavy atom. The SMILES string of the molecule is C/C(CC(=O)Nc1ccc(OCc2ccccc2)cc1)=N\NC(=O)c1ccc(Br)cc1. The molecule has 3 aromatic carbocycles. The van der Waals surface area contributed by atoms with E-state index in [9.17, 15) is 9.59 Å². The van der Waals surface area contributed by atoms with Gasteiger partial charge in [-0.1, -0.05) is 46.3 Å². The number of hydrogen-bond donors (Lipinski definition) is 2. The van der Waals surface area contributed by atoms with Gasteiger partial charge in [0.25, 0.3) is 5.91 Å². The van der Waals surface area contributed by atoms with Crippen LogP contribution in [0.2, 0.25) is 0 Å². The maximum Gasteiger partial charge on any atom is 0.271 e. The molecule has 0 saturated carbocycles. The van der Waals surface area contributed by atoms with Gasteiger partial charge in [0, 0.05) is 21.4 Å². The molecule has 31 heavy (non-hydrogen) atoms. The van der Waals surface area contributed by atoms with E-state index in [0.29, 0.717) is 23.6 Å². The molecule has 0 fully saturated rings. The molecule has 3 aromatic rings. The van der Waals surface area contributed by atoms with Crippen LogP contribution in [-0.2, 0) is 11.4 Å². The van der Waals surface area contributed by atoms with Crippen LogP contribution in [0.3, 0.4) is 0 Å². The first-order valence-electron chi connectivity index (χ1n) is 9.65. The van der Waals surface area contributed by atoms with Crippen LogP contribution in [-0.4, -0.2) is 17.5 Å². The number of benzene rings is 3. The molecule has 2 N–H and O–H groups in total. The highest BCUT2D eigenvalue weighted by Gasteiger charge is 2.07. The van der Waals surface area contributed by atoms with Crippen molar-refractivity contribution in [1.82, 2.24) is 5.43 Å². The Labute approximate surface area is 189 Å². The molecule has 6 nitrogen and oxygen atoms in total. The summed E-state index contributed by atoms with van der Waals surface area (Å²) in [5.41, 5.74) is 5.18. The van der Waals surface area contributed by atoms with Gasteiger partial charge in [0.15, 0.2) is 0 Å². The summed E-state index contributed by atoms with van der Waals surface area (Å²) in [6, 6.07) is 24.0. The molecule has 0 spiro atoms. The average molecular weight is 480 g/mol. The second-order valence-electron chi connectivity index (χ2n) is 6.82. The summed E-state index contributed by atoms with van der Waals surface area (Å²) in [5, 5.41) is 6.80. The van der Waals surface area contributed by atoms with E-state index in [1.54, 1.807) is 55.5 Å². The van der Waals surface area contributed by atoms with Crippen LogP contribution in [0.1, 0.15) is 29.3 Å². The molecule has 0 heterocycles. The number of hydrazone groups is 1. The zero-order valence-electron chi connectivity index (χ0n) is 17.0. The predicted molar refractivity (Wildman–Crippen MR) is 125 cm³/mol. The number of rotatable bonds is 8. The third kappa shape index (κ3) is 7.38. The number of carbonyl (C=O) groups is 2. The molecule has 0 aromatic heterocycles. The number of anilines is 1. The van der Waals surface area contributed by atoms with E-state index in [4.69, 9.17) is 4.74 Å². The van der Waals surface area contributed by atoms with E-state index in [-0.39, 0.29) is 18.2 Å². The van der Waals surface area contributed by atoms with Gasteiger partial charge >= 0.3 is 0 Å². The fraction of sp³-hybridized carbons (Fsp3) is 0.125. The summed E-state index contributed by atoms with van der Waals surface area (Å²) in [6.45, 7) is 2.16. The molecule has 0 aliphatic rings. The molecule has 2 amide bonds. The lowest BCUT2D eigenvalue weighted by molar-refractivity contribution is -0.115. The Morgan fingerprint density at radius 1 is 0.935 bits per heavy atom. The van der Waals surface area contributed by atoms with E-state index in [2.05, 4.69) is 31.8 Å². The van der Waals surface area contributed by atoms with Crippen LogP contribution < -0.4 is 15.5 Å². The minimum atomic E-state index is -0.335. The molecule has 0 radical (unpaired) electrons. The normalized spacial score (nSPS) is 11.0. The van der Waals surface area contributed by atoms with Crippen LogP contribution in [0.4, 0.5) is 5.69 Å². The van der Waals surface area contributed by atoms with Gasteiger partial charge in [-0.15, -0.1) is 0 Å². The quantitative estimate of drug-likeness (QED) is 0.345. The molecule has 7 heteroatoms. The second-order valence-corrected chi connectivity index (χ2v) is 7.73. The van der Waals surface area contributed by atoms with Crippen molar-refractivity contribution in [3.63, 3.8) is 0 Å². The van der Waals surface area contributed by atoms with Gasteiger partial charge in [0.05, 0.1) is 6.42 Å². The zero-order chi connectivity index (χ0) is 22.1. The molecule has 158 valence electrons. The summed E-state index contributed by atoms with van der Waals surface area (Å²) in [4.78, 5) is 24.3. The second kappa shape index (κ2) is 11.1. The molecule has 0 aliphatic heterocycles. The van der Waals surface area contributed by atoms with E-state index >= 15 is 0 Å². The number of amides is 2. The highest BCUT2D eigenvalue weighted by molar-refractivity contribution is 9.10. The summed E-state index contributed by atoms with van der Waals surface area (Å²) < 4.78 is 6.62. The molecule has 0 aliphatic carbocycles. The Morgan fingerprint density at radius 3 is 2.29 bits per heavy atom. The van der Waals surface area contributed by atoms with Crippen molar-refractivity contribution in [3.05, 3.63) is 94.5 Å². The van der Waals surface area contributed by atoms with Crippen LogP contribution in [0.25, 0.3) is 0 Å². The van der Waals surface area contributed by atoms with Crippen molar-refractivity contribution in [1.29, 1.82) is 0 Å². The lowest BCUT2D eigenvalue weighted by Gasteiger charge is -2.09. The third-order valence-electron chi connectivity index (χ3n) is 4.26. The van der Waals surface area contributed by atoms with Crippen LogP contribution in [0.15, 0.2) is 88.4 Å². The first-order valence-corrected chi connectivity index (χ1v) is 10.4. The number of carbonyl (C=O) groups excluding carboxylic acids is 2. The van der Waals surface area contributed by atoms with Crippen LogP contribution in [0.5, 0.6) is 5.75 Å². The van der Waals surface area contributed by atoms with Crippen molar-refractivity contribution in [2.24, 2.45) is 5.10 Å². The highest BCUT2D eigenvalue weighted by Crippen LogP contribution is 2.17. The smallest absolute Gasteiger partial charge is 0.271 e. The van der Waals surface area contributed by atoms with Crippen molar-refractivity contribution in [3.8, 4) is 5.75 Å². The Balaban J connectivity index is 1.45. The van der Waals surface area contributed by atoms with Gasteiger partial charge in [-0.05, 0) is 61.0 Å². The Bertz CT molecular complexity index is 1050. The van der Waals surface area contributed by atoms with Crippen molar-refractivity contribution in [2.75, 3.05) is 5.32 Å². The van der Waals surface area contributed by atoms with E-state index in [0.717, 1.165) is 15.8 Å². The van der Waals surface area contributed by atoms with Crippen LogP contribution in [0, 0.1) is 0 Å². The zero-order valence-corrected chi connectivity index (χ0v) is 18.6. The van der Waals surface area contributed by atoms with E-state index < -0.39 is 0 Å². The van der Waals surface area contributed by atoms with E-state index in [1.165, 1.54) is 0 Å². The maximum atomic E-state index is 12.2. The lowest BCUT2D eigenvalue weighted by atomic mass is 10.2. The van der Waals surface area contributed by atoms with Gasteiger partial charge in [-0.2, -0.15) is 5.10 Å². The molecular weight excluding hydrogens is 458 g/mol. The molecule has 0 unspecified atom stereocenters. The lowest BCUT2D eigenvalue weighted by Crippen LogP contribution is -2.21. The summed E-state index contributed by atoms with van der Waals surface area (Å²) in [5.74, 6) is 0.158. The number of ether oxygens (including phenoxy) is 1. The van der Waals surface area contributed by atoms with Gasteiger partial charge in [0.1, 0.15) is 12.4 Å². The summed E-state index contributed by atoms with van der Waals surface area (Å²) >= 11 is 3.32. The van der Waals surface area contributed by atoms with Gasteiger partial charge in [0.2, 0.25) is 5.91 Å². The fourth-order valence-corrected chi connectivity index (χ4v) is 2.93. The number of halogens is 1. The fourth-order valence-electron chi connectivity index (χ4n) is 2.66. The summed E-state index contributed by atoms with van der Waals surface area (Å²) in [7, 11) is 0. The van der Waals surface area contributed by atoms with Gasteiger partial charge in [-0.25, -0.2) is 5.43 Å². The van der Waals surface area contributed by atoms with E-state index in [1.807, 2.05) is 30.3 Å². The van der Waals surface area contributed by atoms with Crippen molar-refractivity contribution < 1.29 is 14.3 Å². The number of nitrogens with zero attached hydrogens (tertiary/aromatic N) is 1. The van der Waals surface area contributed by atoms with Crippen LogP contribution >= 0.6 is 15.9 Å². The molecular formula is C24H22BrN3O3. The highest BCUT2D eigenvalue weighted by atomic mass is 79.9. The minimum Gasteiger partial charge on any atom is -0.489 e. The largest absolute Gasteiger partial charge is 0.489 e. The molecule has 0 bridgehead atoms. The average Bonchev–Trinajstić information content (AvgIpc) is 2.78. The maximum absolute atomic E-state index is 12.2. The number of hydrogen-bond acceptors (Lipinski definition) is 4. The van der Waals surface area contributed by atoms with Gasteiger partial charge < -0.3 is 10.1 Å². The summed E-state index contributed by atoms with van der Waals surface area (Å²) in [6.07, 6.45) is 0.0624. The van der Waals surface area contributed by atoms with Gasteiger partial charge in [-0.3, -0.25) is 9.59 Å². The first-order chi connectivity index (χ1) is 15.0. The topological polar surface area (TPSA) is 79.8 Å². The van der Waals surface area contributed by atoms with Crippen molar-refractivity contribution >= 4 is 39.1 Å². The van der Waals surface area contributed by atoms with Crippen molar-refractivity contribution in [2.45, 2.75) is 20.0 Å². The Hall–Kier alpha value is -3.45. The standard InChI is InChI=1S/C24H22BrN3O3/c1-17(27-28-24(30)19-7-9-20(25)10-8-19)15-23(29)26-21-11-13-22(14-12-21)31-16-18-5-3-2-4-6-18/h2-14H,15-16H2,1H3,(H,26,29)(H,28,30)/b27-17+. The predicted octanol–water partition coefficient (Wildman–Crippen LogP) is 5.16. The Kier molecular flexibility index (Phi) is 7.95. The molecule has 3 rings (SSSR count). The monoisotopic (exact) mass is 479 g/mol. The first kappa shape index (κ1) is 22.2. The third-order valence-corrected chi connectivity index (χ3v) is 4.79. The molecule has 0 atom stereocenters. The minimum absolute atomic E-state index is 0.0624. The molecule has 0 saturated heterocycles. The number of nitrogens with one attached hydrogen (secondary N) is 2.